The van der Waals surface area contributed by atoms with Gasteiger partial charge in [-0.05, 0) is 30.9 Å². The summed E-state index contributed by atoms with van der Waals surface area (Å²) in [5.74, 6) is -0.654. The van der Waals surface area contributed by atoms with Crippen molar-refractivity contribution in [1.29, 1.82) is 0 Å². The highest BCUT2D eigenvalue weighted by Gasteiger charge is 2.63. The molecule has 1 saturated carbocycles. The minimum absolute atomic E-state index is 0.0793. The summed E-state index contributed by atoms with van der Waals surface area (Å²) in [6.45, 7) is 8.25. The molecule has 1 aromatic rings. The number of thiophene rings is 1. The Balaban J connectivity index is 2.35. The molecule has 1 aliphatic rings. The molecule has 0 aliphatic heterocycles. The van der Waals surface area contributed by atoms with E-state index in [4.69, 9.17) is 5.11 Å². The maximum Gasteiger partial charge on any atom is 0.307 e. The van der Waals surface area contributed by atoms with E-state index in [1.807, 2.05) is 13.8 Å². The summed E-state index contributed by atoms with van der Waals surface area (Å²) < 4.78 is 0. The Morgan fingerprint density at radius 2 is 2.07 bits per heavy atom. The molecule has 2 atom stereocenters. The van der Waals surface area contributed by atoms with Gasteiger partial charge in [0.25, 0.3) is 0 Å². The fraction of sp³-hybridized carbons (Fsp3) is 0.583. The van der Waals surface area contributed by atoms with E-state index in [0.29, 0.717) is 0 Å². The van der Waals surface area contributed by atoms with Gasteiger partial charge < -0.3 is 5.11 Å². The molecule has 0 bridgehead atoms. The second kappa shape index (κ2) is 3.08. The quantitative estimate of drug-likeness (QED) is 0.837. The van der Waals surface area contributed by atoms with Gasteiger partial charge in [0.15, 0.2) is 0 Å². The highest BCUT2D eigenvalue weighted by Crippen LogP contribution is 2.65. The molecule has 0 amide bonds. The van der Waals surface area contributed by atoms with E-state index in [1.165, 1.54) is 15.3 Å². The van der Waals surface area contributed by atoms with E-state index >= 15 is 0 Å². The van der Waals surface area contributed by atoms with Gasteiger partial charge >= 0.3 is 5.97 Å². The Hall–Kier alpha value is -0.830. The van der Waals surface area contributed by atoms with Gasteiger partial charge in [0, 0.05) is 15.7 Å². The van der Waals surface area contributed by atoms with Crippen molar-refractivity contribution in [2.75, 3.05) is 0 Å². The smallest absolute Gasteiger partial charge is 0.307 e. The zero-order chi connectivity index (χ0) is 11.4. The minimum atomic E-state index is -0.659. The normalized spacial score (nSPS) is 27.7. The lowest BCUT2D eigenvalue weighted by Gasteiger charge is -2.00. The van der Waals surface area contributed by atoms with Crippen molar-refractivity contribution in [2.45, 2.75) is 33.6 Å². The van der Waals surface area contributed by atoms with Crippen molar-refractivity contribution in [2.24, 2.45) is 11.3 Å². The van der Waals surface area contributed by atoms with Gasteiger partial charge in [0.05, 0.1) is 5.92 Å². The topological polar surface area (TPSA) is 37.3 Å². The summed E-state index contributed by atoms with van der Waals surface area (Å²) in [7, 11) is 0. The molecule has 1 heterocycles. The van der Waals surface area contributed by atoms with E-state index < -0.39 is 5.97 Å². The minimum Gasteiger partial charge on any atom is -0.481 e. The molecule has 2 rings (SSSR count). The summed E-state index contributed by atoms with van der Waals surface area (Å²) in [5.41, 5.74) is 1.17. The second-order valence-electron chi connectivity index (χ2n) is 4.98. The predicted molar refractivity (Wildman–Crippen MR) is 61.4 cm³/mol. The van der Waals surface area contributed by atoms with Crippen LogP contribution in [0.5, 0.6) is 0 Å². The fourth-order valence-electron chi connectivity index (χ4n) is 2.64. The van der Waals surface area contributed by atoms with Crippen LogP contribution in [0.4, 0.5) is 0 Å². The maximum absolute atomic E-state index is 11.1. The number of carboxylic acids is 1. The number of hydrogen-bond donors (Lipinski definition) is 1. The number of aryl methyl sites for hydroxylation is 2. The molecular weight excluding hydrogens is 208 g/mol. The molecule has 0 aromatic carbocycles. The molecule has 0 spiro atoms. The Kier molecular flexibility index (Phi) is 2.19. The Bertz CT molecular complexity index is 417. The maximum atomic E-state index is 11.1. The van der Waals surface area contributed by atoms with E-state index in [-0.39, 0.29) is 17.3 Å². The van der Waals surface area contributed by atoms with E-state index in [9.17, 15) is 4.79 Å². The summed E-state index contributed by atoms with van der Waals surface area (Å²) in [4.78, 5) is 13.6. The van der Waals surface area contributed by atoms with Gasteiger partial charge in [-0.25, -0.2) is 0 Å². The molecule has 0 saturated heterocycles. The van der Waals surface area contributed by atoms with Crippen molar-refractivity contribution < 1.29 is 9.90 Å². The van der Waals surface area contributed by atoms with Gasteiger partial charge in [-0.1, -0.05) is 13.8 Å². The van der Waals surface area contributed by atoms with Crippen LogP contribution < -0.4 is 0 Å². The van der Waals surface area contributed by atoms with Crippen molar-refractivity contribution in [3.63, 3.8) is 0 Å². The fourth-order valence-corrected chi connectivity index (χ4v) is 3.61. The molecule has 1 aromatic heterocycles. The van der Waals surface area contributed by atoms with Crippen LogP contribution >= 0.6 is 11.3 Å². The standard InChI is InChI=1S/C12H16O2S/c1-6-5-8(7(2)15-6)9-10(11(13)14)12(9,3)4/h5,9-10H,1-4H3,(H,13,14)/t9-,10+/m0/s1. The number of carboxylic acid groups (broad SMARTS) is 1. The highest BCUT2D eigenvalue weighted by molar-refractivity contribution is 7.12. The summed E-state index contributed by atoms with van der Waals surface area (Å²) in [6, 6.07) is 2.15. The van der Waals surface area contributed by atoms with Crippen LogP contribution in [-0.4, -0.2) is 11.1 Å². The number of rotatable bonds is 2. The molecule has 1 N–H and O–H groups in total. The lowest BCUT2D eigenvalue weighted by molar-refractivity contribution is -0.139. The van der Waals surface area contributed by atoms with Gasteiger partial charge in [-0.2, -0.15) is 0 Å². The van der Waals surface area contributed by atoms with Crippen molar-refractivity contribution in [3.05, 3.63) is 21.4 Å². The first-order valence-electron chi connectivity index (χ1n) is 5.15. The summed E-state index contributed by atoms with van der Waals surface area (Å²) in [6.07, 6.45) is 0. The van der Waals surface area contributed by atoms with Crippen LogP contribution in [0.3, 0.4) is 0 Å². The van der Waals surface area contributed by atoms with Crippen LogP contribution in [0.2, 0.25) is 0 Å². The average molecular weight is 224 g/mol. The summed E-state index contributed by atoms with van der Waals surface area (Å²) in [5, 5.41) is 9.12. The molecule has 0 unspecified atom stereocenters. The van der Waals surface area contributed by atoms with Crippen molar-refractivity contribution >= 4 is 17.3 Å². The Labute approximate surface area is 93.9 Å². The molecule has 1 aliphatic carbocycles. The third-order valence-electron chi connectivity index (χ3n) is 3.51. The molecule has 0 radical (unpaired) electrons. The third-order valence-corrected chi connectivity index (χ3v) is 4.49. The van der Waals surface area contributed by atoms with Gasteiger partial charge in [0.2, 0.25) is 0 Å². The molecule has 82 valence electrons. The molecule has 3 heteroatoms. The Morgan fingerprint density at radius 1 is 1.47 bits per heavy atom. The third kappa shape index (κ3) is 1.49. The number of carbonyl (C=O) groups is 1. The first-order chi connectivity index (χ1) is 6.85. The second-order valence-corrected chi connectivity index (χ2v) is 6.44. The molecule has 2 nitrogen and oxygen atoms in total. The lowest BCUT2D eigenvalue weighted by atomic mass is 10.0. The van der Waals surface area contributed by atoms with Crippen molar-refractivity contribution in [3.8, 4) is 0 Å². The van der Waals surface area contributed by atoms with Gasteiger partial charge in [-0.15, -0.1) is 11.3 Å². The molecular formula is C12H16O2S. The van der Waals surface area contributed by atoms with Crippen LogP contribution in [0, 0.1) is 25.2 Å². The average Bonchev–Trinajstić information content (AvgIpc) is 2.48. The van der Waals surface area contributed by atoms with Crippen LogP contribution in [0.25, 0.3) is 0 Å². The zero-order valence-electron chi connectivity index (χ0n) is 9.50. The number of hydrogen-bond acceptors (Lipinski definition) is 2. The zero-order valence-corrected chi connectivity index (χ0v) is 10.3. The van der Waals surface area contributed by atoms with Crippen LogP contribution in [-0.2, 0) is 4.79 Å². The van der Waals surface area contributed by atoms with E-state index in [0.717, 1.165) is 0 Å². The lowest BCUT2D eigenvalue weighted by Crippen LogP contribution is -2.03. The monoisotopic (exact) mass is 224 g/mol. The highest BCUT2D eigenvalue weighted by atomic mass is 32.1. The van der Waals surface area contributed by atoms with Gasteiger partial charge in [0.1, 0.15) is 0 Å². The largest absolute Gasteiger partial charge is 0.481 e. The first-order valence-corrected chi connectivity index (χ1v) is 5.97. The Morgan fingerprint density at radius 3 is 2.40 bits per heavy atom. The molecule has 15 heavy (non-hydrogen) atoms. The molecule has 1 fully saturated rings. The predicted octanol–water partition coefficient (Wildman–Crippen LogP) is 3.19. The van der Waals surface area contributed by atoms with Crippen LogP contribution in [0.1, 0.15) is 35.1 Å². The number of aliphatic carboxylic acids is 1. The van der Waals surface area contributed by atoms with E-state index in [1.54, 1.807) is 11.3 Å². The summed E-state index contributed by atoms with van der Waals surface area (Å²) >= 11 is 1.76. The van der Waals surface area contributed by atoms with Crippen molar-refractivity contribution in [1.82, 2.24) is 0 Å². The van der Waals surface area contributed by atoms with Gasteiger partial charge in [-0.3, -0.25) is 4.79 Å². The van der Waals surface area contributed by atoms with E-state index in [2.05, 4.69) is 19.9 Å². The van der Waals surface area contributed by atoms with Crippen LogP contribution in [0.15, 0.2) is 6.07 Å². The first kappa shape index (κ1) is 10.7. The SMILES string of the molecule is Cc1cc([C@H]2[C@H](C(=O)O)C2(C)C)c(C)s1.